The predicted octanol–water partition coefficient (Wildman–Crippen LogP) is 5.34. The van der Waals surface area contributed by atoms with E-state index < -0.39 is 15.9 Å². The van der Waals surface area contributed by atoms with Crippen LogP contribution in [-0.4, -0.2) is 21.4 Å². The van der Waals surface area contributed by atoms with Crippen LogP contribution >= 0.6 is 11.6 Å². The van der Waals surface area contributed by atoms with Crippen molar-refractivity contribution in [3.63, 3.8) is 0 Å². The minimum Gasteiger partial charge on any atom is -0.496 e. The second-order valence-electron chi connectivity index (χ2n) is 7.28. The number of benzene rings is 3. The summed E-state index contributed by atoms with van der Waals surface area (Å²) in [6.07, 6.45) is 0.662. The molecule has 0 saturated heterocycles. The van der Waals surface area contributed by atoms with Gasteiger partial charge in [-0.15, -0.1) is 0 Å². The summed E-state index contributed by atoms with van der Waals surface area (Å²) in [7, 11) is -2.17. The minimum atomic E-state index is -3.79. The number of methoxy groups -OCH3 is 1. The Morgan fingerprint density at radius 3 is 2.41 bits per heavy atom. The van der Waals surface area contributed by atoms with E-state index in [0.29, 0.717) is 6.42 Å². The minimum absolute atomic E-state index is 0.127. The Morgan fingerprint density at radius 2 is 1.78 bits per heavy atom. The van der Waals surface area contributed by atoms with Crippen LogP contribution in [0.5, 0.6) is 5.75 Å². The van der Waals surface area contributed by atoms with E-state index in [9.17, 15) is 13.2 Å². The molecule has 168 valence electrons. The standard InChI is InChI=1S/C24H25ClN2O4S/c1-4-22(17-10-13-23(31-3)16(2)14-17)26-24(28)20-15-18(11-12-21(20)25)27-32(29,30)19-8-6-5-7-9-19/h5-15,22,27H,4H2,1-3H3,(H,26,28). The molecule has 0 bridgehead atoms. The van der Waals surface area contributed by atoms with Crippen molar-refractivity contribution in [3.05, 3.63) is 88.4 Å². The van der Waals surface area contributed by atoms with Crippen LogP contribution in [0.2, 0.25) is 5.02 Å². The van der Waals surface area contributed by atoms with E-state index in [1.807, 2.05) is 32.0 Å². The lowest BCUT2D eigenvalue weighted by atomic mass is 10.0. The van der Waals surface area contributed by atoms with E-state index >= 15 is 0 Å². The van der Waals surface area contributed by atoms with Crippen LogP contribution < -0.4 is 14.8 Å². The van der Waals surface area contributed by atoms with Crippen LogP contribution in [0, 0.1) is 6.92 Å². The molecule has 0 fully saturated rings. The number of aryl methyl sites for hydroxylation is 1. The summed E-state index contributed by atoms with van der Waals surface area (Å²) in [6.45, 7) is 3.91. The van der Waals surface area contributed by atoms with E-state index in [0.717, 1.165) is 16.9 Å². The molecule has 0 aromatic heterocycles. The first-order chi connectivity index (χ1) is 15.2. The van der Waals surface area contributed by atoms with Gasteiger partial charge in [0.1, 0.15) is 5.75 Å². The molecule has 1 unspecified atom stereocenters. The molecule has 0 saturated carbocycles. The van der Waals surface area contributed by atoms with Gasteiger partial charge in [-0.1, -0.05) is 48.9 Å². The molecule has 0 aliphatic heterocycles. The van der Waals surface area contributed by atoms with Gasteiger partial charge in [0.25, 0.3) is 15.9 Å². The maximum Gasteiger partial charge on any atom is 0.261 e. The van der Waals surface area contributed by atoms with Gasteiger partial charge < -0.3 is 10.1 Å². The molecule has 0 radical (unpaired) electrons. The first-order valence-electron chi connectivity index (χ1n) is 10.1. The van der Waals surface area contributed by atoms with E-state index in [1.54, 1.807) is 25.3 Å². The maximum atomic E-state index is 13.0. The van der Waals surface area contributed by atoms with E-state index in [2.05, 4.69) is 10.0 Å². The van der Waals surface area contributed by atoms with Crippen molar-refractivity contribution in [2.75, 3.05) is 11.8 Å². The Labute approximate surface area is 193 Å². The lowest BCUT2D eigenvalue weighted by molar-refractivity contribution is 0.0935. The highest BCUT2D eigenvalue weighted by Crippen LogP contribution is 2.27. The number of carbonyl (C=O) groups excluding carboxylic acids is 1. The third-order valence-electron chi connectivity index (χ3n) is 5.05. The fourth-order valence-electron chi connectivity index (χ4n) is 3.35. The number of hydrogen-bond acceptors (Lipinski definition) is 4. The zero-order valence-corrected chi connectivity index (χ0v) is 19.6. The Balaban J connectivity index is 1.82. The van der Waals surface area contributed by atoms with Crippen LogP contribution in [0.3, 0.4) is 0 Å². The molecular formula is C24H25ClN2O4S. The van der Waals surface area contributed by atoms with E-state index in [1.165, 1.54) is 30.3 Å². The van der Waals surface area contributed by atoms with Crippen molar-refractivity contribution in [1.82, 2.24) is 5.32 Å². The quantitative estimate of drug-likeness (QED) is 0.463. The lowest BCUT2D eigenvalue weighted by Gasteiger charge is -2.19. The van der Waals surface area contributed by atoms with Crippen molar-refractivity contribution in [3.8, 4) is 5.75 Å². The highest BCUT2D eigenvalue weighted by atomic mass is 35.5. The largest absolute Gasteiger partial charge is 0.496 e. The van der Waals surface area contributed by atoms with Crippen molar-refractivity contribution in [1.29, 1.82) is 0 Å². The number of ether oxygens (including phenoxy) is 1. The number of carbonyl (C=O) groups is 1. The fourth-order valence-corrected chi connectivity index (χ4v) is 4.63. The second-order valence-corrected chi connectivity index (χ2v) is 9.37. The first kappa shape index (κ1) is 23.6. The first-order valence-corrected chi connectivity index (χ1v) is 11.9. The van der Waals surface area contributed by atoms with Gasteiger partial charge in [0.15, 0.2) is 0 Å². The highest BCUT2D eigenvalue weighted by molar-refractivity contribution is 7.92. The Kier molecular flexibility index (Phi) is 7.43. The molecule has 2 N–H and O–H groups in total. The molecule has 8 heteroatoms. The van der Waals surface area contributed by atoms with Gasteiger partial charge in [-0.2, -0.15) is 0 Å². The molecule has 3 rings (SSSR count). The number of sulfonamides is 1. The molecule has 3 aromatic carbocycles. The SMILES string of the molecule is CCC(NC(=O)c1cc(NS(=O)(=O)c2ccccc2)ccc1Cl)c1ccc(OC)c(C)c1. The molecular weight excluding hydrogens is 448 g/mol. The molecule has 0 spiro atoms. The number of halogens is 1. The number of hydrogen-bond donors (Lipinski definition) is 2. The van der Waals surface area contributed by atoms with Crippen molar-refractivity contribution < 1.29 is 17.9 Å². The Hall–Kier alpha value is -3.03. The second kappa shape index (κ2) is 10.1. The van der Waals surface area contributed by atoms with Crippen LogP contribution in [0.4, 0.5) is 5.69 Å². The number of nitrogens with one attached hydrogen (secondary N) is 2. The van der Waals surface area contributed by atoms with Crippen LogP contribution in [0.15, 0.2) is 71.6 Å². The summed E-state index contributed by atoms with van der Waals surface area (Å²) >= 11 is 6.26. The smallest absolute Gasteiger partial charge is 0.261 e. The van der Waals surface area contributed by atoms with Gasteiger partial charge in [0, 0.05) is 5.69 Å². The molecule has 0 aliphatic carbocycles. The third-order valence-corrected chi connectivity index (χ3v) is 6.78. The normalized spacial score (nSPS) is 12.1. The summed E-state index contributed by atoms with van der Waals surface area (Å²) in [5, 5.41) is 3.21. The molecule has 32 heavy (non-hydrogen) atoms. The highest BCUT2D eigenvalue weighted by Gasteiger charge is 2.19. The van der Waals surface area contributed by atoms with Crippen LogP contribution in [0.25, 0.3) is 0 Å². The van der Waals surface area contributed by atoms with Gasteiger partial charge in [0.05, 0.1) is 28.6 Å². The van der Waals surface area contributed by atoms with E-state index in [-0.39, 0.29) is 27.2 Å². The summed E-state index contributed by atoms with van der Waals surface area (Å²) in [4.78, 5) is 13.1. The predicted molar refractivity (Wildman–Crippen MR) is 127 cm³/mol. The monoisotopic (exact) mass is 472 g/mol. The van der Waals surface area contributed by atoms with Crippen molar-refractivity contribution >= 4 is 33.2 Å². The van der Waals surface area contributed by atoms with Gasteiger partial charge in [-0.3, -0.25) is 9.52 Å². The van der Waals surface area contributed by atoms with Crippen molar-refractivity contribution in [2.45, 2.75) is 31.2 Å². The molecule has 3 aromatic rings. The molecule has 1 atom stereocenters. The molecule has 1 amide bonds. The molecule has 6 nitrogen and oxygen atoms in total. The summed E-state index contributed by atoms with van der Waals surface area (Å²) in [6, 6.07) is 18.0. The number of rotatable bonds is 8. The zero-order chi connectivity index (χ0) is 23.3. The van der Waals surface area contributed by atoms with Crippen molar-refractivity contribution in [2.24, 2.45) is 0 Å². The third kappa shape index (κ3) is 5.41. The van der Waals surface area contributed by atoms with Gasteiger partial charge in [-0.05, 0) is 60.9 Å². The molecule has 0 heterocycles. The average Bonchev–Trinajstić information content (AvgIpc) is 2.79. The number of anilines is 1. The summed E-state index contributed by atoms with van der Waals surface area (Å²) in [5.74, 6) is 0.382. The Bertz CT molecular complexity index is 1210. The van der Waals surface area contributed by atoms with E-state index in [4.69, 9.17) is 16.3 Å². The topological polar surface area (TPSA) is 84.5 Å². The van der Waals surface area contributed by atoms with Gasteiger partial charge in [-0.25, -0.2) is 8.42 Å². The Morgan fingerprint density at radius 1 is 1.06 bits per heavy atom. The zero-order valence-electron chi connectivity index (χ0n) is 18.1. The summed E-state index contributed by atoms with van der Waals surface area (Å²) in [5.41, 5.74) is 2.34. The van der Waals surface area contributed by atoms with Gasteiger partial charge in [0.2, 0.25) is 0 Å². The lowest BCUT2D eigenvalue weighted by Crippen LogP contribution is -2.28. The maximum absolute atomic E-state index is 13.0. The molecule has 0 aliphatic rings. The number of amides is 1. The van der Waals surface area contributed by atoms with Crippen LogP contribution in [0.1, 0.15) is 40.9 Å². The summed E-state index contributed by atoms with van der Waals surface area (Å²) < 4.78 is 33.0. The van der Waals surface area contributed by atoms with Crippen LogP contribution in [-0.2, 0) is 10.0 Å². The van der Waals surface area contributed by atoms with Gasteiger partial charge >= 0.3 is 0 Å². The average molecular weight is 473 g/mol. The fraction of sp³-hybridized carbons (Fsp3) is 0.208.